The highest BCUT2D eigenvalue weighted by Crippen LogP contribution is 2.54. The Labute approximate surface area is 480 Å². The van der Waals surface area contributed by atoms with Gasteiger partial charge in [-0.3, -0.25) is 0 Å². The summed E-state index contributed by atoms with van der Waals surface area (Å²) < 4.78 is 32.3. The standard InChI is InChI=1S/C78H53FN2O2/c1-4-58-67(80(69-35-21-33-61-59-31-17-19-37-71(59)82-77(61)69)75-50(3)45-56(51-23-9-5-10-24-51)46-64(75)53-27-13-7-14-28-53)44-41-55-40-42-63-68(43-39-49(2)73(63)74(55)58)81(70-36-22-34-62-60-32-18-20-38-72(60)83-78(62)70)76-65(54-29-15-8-16-30-54)47-57(48-66(76)79)52-25-11-6-12-26-52/h4-48H,1H2,2-3H3. The summed E-state index contributed by atoms with van der Waals surface area (Å²) in [5.41, 5.74) is 18.5. The molecule has 0 amide bonds. The first-order chi connectivity index (χ1) is 40.9. The Morgan fingerprint density at radius 1 is 0.349 bits per heavy atom. The fourth-order valence-corrected chi connectivity index (χ4v) is 12.8. The maximum atomic E-state index is 18.4. The Morgan fingerprint density at radius 3 is 1.36 bits per heavy atom. The van der Waals surface area contributed by atoms with Crippen molar-refractivity contribution in [3.8, 4) is 44.5 Å². The van der Waals surface area contributed by atoms with E-state index in [1.54, 1.807) is 6.07 Å². The summed E-state index contributed by atoms with van der Waals surface area (Å²) in [4.78, 5) is 4.50. The monoisotopic (exact) mass is 1070 g/mol. The molecule has 0 radical (unpaired) electrons. The van der Waals surface area contributed by atoms with E-state index in [1.807, 2.05) is 91.0 Å². The summed E-state index contributed by atoms with van der Waals surface area (Å²) in [5.74, 6) is -0.375. The molecule has 0 aliphatic carbocycles. The first kappa shape index (κ1) is 49.3. The predicted molar refractivity (Wildman–Crippen MR) is 347 cm³/mol. The van der Waals surface area contributed by atoms with Gasteiger partial charge in [-0.1, -0.05) is 219 Å². The largest absolute Gasteiger partial charge is 0.454 e. The van der Waals surface area contributed by atoms with Crippen molar-refractivity contribution in [3.05, 3.63) is 296 Å². The SMILES string of the molecule is C=Cc1c(N(c2c(C)cc(-c3ccccc3)cc2-c2ccccc2)c2cccc3c2oc2ccccc23)ccc2ccc3c(N(c4c(F)cc(-c5ccccc5)cc4-c4ccccc4)c4cccc5c4oc4ccccc45)ccc(C)c3c12. The second-order valence-electron chi connectivity index (χ2n) is 21.4. The van der Waals surface area contributed by atoms with Crippen LogP contribution in [0.3, 0.4) is 0 Å². The maximum Gasteiger partial charge on any atom is 0.159 e. The van der Waals surface area contributed by atoms with Gasteiger partial charge in [0.1, 0.15) is 17.0 Å². The number of halogens is 1. The van der Waals surface area contributed by atoms with Crippen molar-refractivity contribution in [2.75, 3.05) is 9.80 Å². The van der Waals surface area contributed by atoms with Crippen LogP contribution in [0.1, 0.15) is 16.7 Å². The molecule has 0 spiro atoms. The number of aryl methyl sites for hydroxylation is 2. The van der Waals surface area contributed by atoms with Crippen LogP contribution in [-0.2, 0) is 0 Å². The summed E-state index contributed by atoms with van der Waals surface area (Å²) in [6.45, 7) is 9.07. The average molecular weight is 1070 g/mol. The molecule has 0 aliphatic rings. The van der Waals surface area contributed by atoms with Gasteiger partial charge in [-0.25, -0.2) is 4.39 Å². The Balaban J connectivity index is 1.04. The zero-order chi connectivity index (χ0) is 55.7. The molecule has 2 aromatic heterocycles. The maximum absolute atomic E-state index is 18.4. The molecule has 2 heterocycles. The van der Waals surface area contributed by atoms with E-state index in [2.05, 4.69) is 206 Å². The lowest BCUT2D eigenvalue weighted by Gasteiger charge is -2.32. The lowest BCUT2D eigenvalue weighted by atomic mass is 9.90. The van der Waals surface area contributed by atoms with Crippen LogP contribution in [0.25, 0.3) is 116 Å². The topological polar surface area (TPSA) is 32.8 Å². The number of anilines is 6. The molecule has 83 heavy (non-hydrogen) atoms. The molecule has 15 aromatic rings. The van der Waals surface area contributed by atoms with Crippen LogP contribution < -0.4 is 9.80 Å². The van der Waals surface area contributed by atoms with E-state index in [9.17, 15) is 0 Å². The number of para-hydroxylation sites is 4. The molecule has 5 heteroatoms. The van der Waals surface area contributed by atoms with Gasteiger partial charge in [0.25, 0.3) is 0 Å². The van der Waals surface area contributed by atoms with Crippen molar-refractivity contribution in [1.82, 2.24) is 0 Å². The number of benzene rings is 13. The fourth-order valence-electron chi connectivity index (χ4n) is 12.8. The molecular formula is C78H53FN2O2. The molecule has 13 aromatic carbocycles. The summed E-state index contributed by atoms with van der Waals surface area (Å²) in [7, 11) is 0. The Bertz CT molecular complexity index is 5030. The molecule has 394 valence electrons. The average Bonchev–Trinajstić information content (AvgIpc) is 4.05. The Morgan fingerprint density at radius 2 is 0.807 bits per heavy atom. The lowest BCUT2D eigenvalue weighted by Crippen LogP contribution is -2.15. The first-order valence-corrected chi connectivity index (χ1v) is 28.1. The van der Waals surface area contributed by atoms with Crippen LogP contribution >= 0.6 is 0 Å². The van der Waals surface area contributed by atoms with Crippen molar-refractivity contribution in [1.29, 1.82) is 0 Å². The van der Waals surface area contributed by atoms with Crippen molar-refractivity contribution in [3.63, 3.8) is 0 Å². The molecule has 15 rings (SSSR count). The van der Waals surface area contributed by atoms with E-state index in [0.717, 1.165) is 144 Å². The number of fused-ring (bicyclic) bond motifs is 9. The minimum atomic E-state index is -0.375. The van der Waals surface area contributed by atoms with Crippen molar-refractivity contribution < 1.29 is 13.2 Å². The number of rotatable bonds is 11. The van der Waals surface area contributed by atoms with Gasteiger partial charge >= 0.3 is 0 Å². The zero-order valence-corrected chi connectivity index (χ0v) is 45.8. The van der Waals surface area contributed by atoms with Crippen molar-refractivity contribution >= 4 is 106 Å². The van der Waals surface area contributed by atoms with E-state index >= 15 is 4.39 Å². The van der Waals surface area contributed by atoms with Crippen LogP contribution in [0.15, 0.2) is 282 Å². The fraction of sp³-hybridized carbons (Fsp3) is 0.0256. The van der Waals surface area contributed by atoms with E-state index in [1.165, 1.54) is 0 Å². The minimum absolute atomic E-state index is 0.375. The van der Waals surface area contributed by atoms with E-state index < -0.39 is 0 Å². The Hall–Kier alpha value is -10.8. The van der Waals surface area contributed by atoms with E-state index in [4.69, 9.17) is 8.83 Å². The molecule has 0 N–H and O–H groups in total. The quantitative estimate of drug-likeness (QED) is 0.121. The summed E-state index contributed by atoms with van der Waals surface area (Å²) in [5, 5.41) is 7.98. The summed E-state index contributed by atoms with van der Waals surface area (Å²) >= 11 is 0. The van der Waals surface area contributed by atoms with Gasteiger partial charge in [0.2, 0.25) is 0 Å². The van der Waals surface area contributed by atoms with Crippen LogP contribution in [0.4, 0.5) is 38.5 Å². The molecular weight excluding hydrogens is 1020 g/mol. The number of hydrogen-bond acceptors (Lipinski definition) is 4. The number of furan rings is 2. The molecule has 4 nitrogen and oxygen atoms in total. The normalized spacial score (nSPS) is 11.6. The van der Waals surface area contributed by atoms with Gasteiger partial charge in [-0.05, 0) is 135 Å². The highest BCUT2D eigenvalue weighted by atomic mass is 19.1. The minimum Gasteiger partial charge on any atom is -0.454 e. The third-order valence-electron chi connectivity index (χ3n) is 16.5. The molecule has 0 saturated heterocycles. The zero-order valence-electron chi connectivity index (χ0n) is 45.8. The van der Waals surface area contributed by atoms with E-state index in [-0.39, 0.29) is 5.82 Å². The van der Waals surface area contributed by atoms with Gasteiger partial charge < -0.3 is 18.6 Å². The molecule has 0 unspecified atom stereocenters. The molecule has 0 atom stereocenters. The van der Waals surface area contributed by atoms with Crippen LogP contribution in [0.5, 0.6) is 0 Å². The highest BCUT2D eigenvalue weighted by Gasteiger charge is 2.30. The van der Waals surface area contributed by atoms with Gasteiger partial charge in [0.15, 0.2) is 11.2 Å². The third kappa shape index (κ3) is 8.19. The smallest absolute Gasteiger partial charge is 0.159 e. The lowest BCUT2D eigenvalue weighted by molar-refractivity contribution is 0.629. The summed E-state index contributed by atoms with van der Waals surface area (Å²) in [6, 6.07) is 92.0. The highest BCUT2D eigenvalue weighted by molar-refractivity contribution is 6.21. The predicted octanol–water partition coefficient (Wildman–Crippen LogP) is 22.8. The van der Waals surface area contributed by atoms with Crippen molar-refractivity contribution in [2.45, 2.75) is 13.8 Å². The molecule has 0 bridgehead atoms. The van der Waals surface area contributed by atoms with Crippen LogP contribution in [0, 0.1) is 19.7 Å². The number of nitrogens with zero attached hydrogens (tertiary/aromatic N) is 2. The third-order valence-corrected chi connectivity index (χ3v) is 16.5. The second kappa shape index (κ2) is 20.1. The number of hydrogen-bond donors (Lipinski definition) is 0. The second-order valence-corrected chi connectivity index (χ2v) is 21.4. The molecule has 0 fully saturated rings. The van der Waals surface area contributed by atoms with Gasteiger partial charge in [0, 0.05) is 43.6 Å². The van der Waals surface area contributed by atoms with Gasteiger partial charge in [-0.2, -0.15) is 0 Å². The van der Waals surface area contributed by atoms with Crippen LogP contribution in [0.2, 0.25) is 0 Å². The van der Waals surface area contributed by atoms with Gasteiger partial charge in [-0.15, -0.1) is 0 Å². The van der Waals surface area contributed by atoms with Crippen molar-refractivity contribution in [2.24, 2.45) is 0 Å². The Kier molecular flexibility index (Phi) is 11.9. The first-order valence-electron chi connectivity index (χ1n) is 28.1. The van der Waals surface area contributed by atoms with Crippen LogP contribution in [-0.4, -0.2) is 0 Å². The van der Waals surface area contributed by atoms with E-state index in [0.29, 0.717) is 17.0 Å². The summed E-state index contributed by atoms with van der Waals surface area (Å²) in [6.07, 6.45) is 2.01. The van der Waals surface area contributed by atoms with Gasteiger partial charge in [0.05, 0.1) is 34.1 Å². The molecule has 0 aliphatic heterocycles. The molecule has 0 saturated carbocycles.